The van der Waals surface area contributed by atoms with Crippen LogP contribution in [-0.2, 0) is 22.2 Å². The Labute approximate surface area is 188 Å². The molecular weight excluding hydrogens is 425 g/mol. The molecule has 1 aliphatic rings. The Morgan fingerprint density at radius 1 is 1.10 bits per heavy atom. The van der Waals surface area contributed by atoms with Crippen LogP contribution in [0.3, 0.4) is 0 Å². The Balaban J connectivity index is 0.00000320. The Bertz CT molecular complexity index is 983. The number of ether oxygens (including phenoxy) is 2. The van der Waals surface area contributed by atoms with Crippen LogP contribution in [0.15, 0.2) is 64.4 Å². The zero-order chi connectivity index (χ0) is 21.0. The van der Waals surface area contributed by atoms with Crippen molar-refractivity contribution in [2.24, 2.45) is 10.2 Å². The van der Waals surface area contributed by atoms with E-state index in [0.29, 0.717) is 11.3 Å². The molecule has 30 heavy (non-hydrogen) atoms. The van der Waals surface area contributed by atoms with Crippen molar-refractivity contribution >= 4 is 17.8 Å². The van der Waals surface area contributed by atoms with E-state index < -0.39 is 0 Å². The molecule has 7 heteroatoms. The van der Waals surface area contributed by atoms with Crippen molar-refractivity contribution in [3.63, 3.8) is 0 Å². The number of fused-ring (bicyclic) bond motifs is 1. The second-order valence-corrected chi connectivity index (χ2v) is 7.22. The molecule has 1 radical (unpaired) electrons. The topological polar surface area (TPSA) is 66.7 Å². The summed E-state index contributed by atoms with van der Waals surface area (Å²) >= 11 is 0. The van der Waals surface area contributed by atoms with Crippen molar-refractivity contribution in [3.05, 3.63) is 65.4 Å². The quantitative estimate of drug-likeness (QED) is 0.392. The fourth-order valence-corrected chi connectivity index (χ4v) is 3.63. The van der Waals surface area contributed by atoms with Crippen LogP contribution in [0.2, 0.25) is 0 Å². The minimum atomic E-state index is -0.204. The van der Waals surface area contributed by atoms with E-state index in [-0.39, 0.29) is 28.1 Å². The number of likely N-dealkylation sites (N-methyl/N-ethyl adjacent to an activating group) is 1. The normalized spacial score (nSPS) is 16.5. The minimum Gasteiger partial charge on any atom is -0.497 e. The van der Waals surface area contributed by atoms with E-state index >= 15 is 0 Å². The molecule has 2 aromatic rings. The molecule has 0 amide bonds. The molecule has 3 rings (SSSR count). The molecule has 0 saturated carbocycles. The number of rotatable bonds is 6. The van der Waals surface area contributed by atoms with Gasteiger partial charge >= 0.3 is 0 Å². The SMILES string of the molecule is CCN1/C(=C\C=N\N=C(O)c2cccc(OC)c2)C(C)(C)c2cc(OC)ccc21.[Co]. The maximum atomic E-state index is 10.2. The average molecular weight is 452 g/mol. The summed E-state index contributed by atoms with van der Waals surface area (Å²) in [7, 11) is 3.26. The van der Waals surface area contributed by atoms with Crippen molar-refractivity contribution in [2.45, 2.75) is 26.2 Å². The van der Waals surface area contributed by atoms with Gasteiger partial charge < -0.3 is 19.5 Å². The van der Waals surface area contributed by atoms with Gasteiger partial charge in [0.25, 0.3) is 0 Å². The predicted molar refractivity (Wildman–Crippen MR) is 118 cm³/mol. The molecule has 0 aliphatic carbocycles. The van der Waals surface area contributed by atoms with Crippen LogP contribution in [0.5, 0.6) is 11.5 Å². The largest absolute Gasteiger partial charge is 0.497 e. The summed E-state index contributed by atoms with van der Waals surface area (Å²) in [6.45, 7) is 7.31. The zero-order valence-corrected chi connectivity index (χ0v) is 18.9. The average Bonchev–Trinajstić information content (AvgIpc) is 2.96. The molecule has 0 spiro atoms. The van der Waals surface area contributed by atoms with Gasteiger partial charge in [0.05, 0.1) is 20.4 Å². The van der Waals surface area contributed by atoms with Crippen molar-refractivity contribution < 1.29 is 31.4 Å². The Morgan fingerprint density at radius 2 is 1.80 bits per heavy atom. The fraction of sp³-hybridized carbons (Fsp3) is 0.304. The van der Waals surface area contributed by atoms with E-state index in [1.54, 1.807) is 44.7 Å². The monoisotopic (exact) mass is 452 g/mol. The number of allylic oxidation sites excluding steroid dienone is 2. The fourth-order valence-electron chi connectivity index (χ4n) is 3.63. The number of nitrogens with zero attached hydrogens (tertiary/aromatic N) is 3. The second-order valence-electron chi connectivity index (χ2n) is 7.22. The van der Waals surface area contributed by atoms with Crippen LogP contribution < -0.4 is 14.4 Å². The summed E-state index contributed by atoms with van der Waals surface area (Å²) < 4.78 is 10.6. The van der Waals surface area contributed by atoms with Gasteiger partial charge in [-0.05, 0) is 55.0 Å². The summed E-state index contributed by atoms with van der Waals surface area (Å²) in [4.78, 5) is 2.26. The van der Waals surface area contributed by atoms with Crippen LogP contribution in [0.4, 0.5) is 5.69 Å². The Hall–Kier alpha value is -2.77. The first-order chi connectivity index (χ1) is 13.9. The predicted octanol–water partition coefficient (Wildman–Crippen LogP) is 4.69. The smallest absolute Gasteiger partial charge is 0.238 e. The van der Waals surface area contributed by atoms with Crippen LogP contribution in [-0.4, -0.2) is 38.0 Å². The maximum absolute atomic E-state index is 10.2. The Morgan fingerprint density at radius 3 is 2.47 bits per heavy atom. The zero-order valence-electron chi connectivity index (χ0n) is 17.8. The number of hydrogen-bond donors (Lipinski definition) is 1. The van der Waals surface area contributed by atoms with Gasteiger partial charge in [-0.15, -0.1) is 5.10 Å². The summed E-state index contributed by atoms with van der Waals surface area (Å²) in [6.07, 6.45) is 3.55. The molecule has 0 atom stereocenters. The van der Waals surface area contributed by atoms with Gasteiger partial charge in [-0.2, -0.15) is 5.10 Å². The van der Waals surface area contributed by atoms with Crippen LogP contribution in [0.1, 0.15) is 31.9 Å². The number of methoxy groups -OCH3 is 2. The van der Waals surface area contributed by atoms with E-state index in [1.165, 1.54) is 11.3 Å². The molecule has 2 aromatic carbocycles. The molecule has 1 heterocycles. The first-order valence-corrected chi connectivity index (χ1v) is 9.53. The molecule has 1 N–H and O–H groups in total. The maximum Gasteiger partial charge on any atom is 0.238 e. The summed E-state index contributed by atoms with van der Waals surface area (Å²) in [6, 6.07) is 13.2. The second kappa shape index (κ2) is 9.82. The van der Waals surface area contributed by atoms with Gasteiger partial charge in [0.1, 0.15) is 11.5 Å². The van der Waals surface area contributed by atoms with E-state index in [0.717, 1.165) is 18.0 Å². The summed E-state index contributed by atoms with van der Waals surface area (Å²) in [5.74, 6) is 1.33. The minimum absolute atomic E-state index is 0. The van der Waals surface area contributed by atoms with Crippen LogP contribution in [0.25, 0.3) is 0 Å². The first-order valence-electron chi connectivity index (χ1n) is 9.53. The number of hydrogen-bond acceptors (Lipinski definition) is 5. The van der Waals surface area contributed by atoms with Crippen LogP contribution >= 0.6 is 0 Å². The van der Waals surface area contributed by atoms with Gasteiger partial charge in [0.15, 0.2) is 0 Å². The Kier molecular flexibility index (Phi) is 7.69. The van der Waals surface area contributed by atoms with Gasteiger partial charge in [0, 0.05) is 45.7 Å². The van der Waals surface area contributed by atoms with Gasteiger partial charge in [-0.1, -0.05) is 19.9 Å². The number of aliphatic hydroxyl groups is 1. The number of benzene rings is 2. The van der Waals surface area contributed by atoms with E-state index in [2.05, 4.69) is 48.0 Å². The summed E-state index contributed by atoms with van der Waals surface area (Å²) in [5, 5.41) is 18.1. The number of anilines is 1. The van der Waals surface area contributed by atoms with Gasteiger partial charge in [0.2, 0.25) is 5.90 Å². The molecule has 0 aromatic heterocycles. The molecule has 0 fully saturated rings. The van der Waals surface area contributed by atoms with E-state index in [9.17, 15) is 5.11 Å². The van der Waals surface area contributed by atoms with Crippen molar-refractivity contribution in [1.82, 2.24) is 0 Å². The molecule has 1 aliphatic heterocycles. The molecule has 6 nitrogen and oxygen atoms in total. The third kappa shape index (κ3) is 4.52. The molecule has 161 valence electrons. The number of aliphatic hydroxyl groups excluding tert-OH is 1. The van der Waals surface area contributed by atoms with Crippen LogP contribution in [0, 0.1) is 0 Å². The van der Waals surface area contributed by atoms with E-state index in [1.807, 2.05) is 12.1 Å². The third-order valence-corrected chi connectivity index (χ3v) is 5.19. The van der Waals surface area contributed by atoms with Crippen molar-refractivity contribution in [3.8, 4) is 11.5 Å². The molecular formula is C23H27CoN3O3. The molecule has 0 unspecified atom stereocenters. The standard InChI is InChI=1S/C23H27N3O3.Co/c1-6-26-20-11-10-18(29-5)15-19(20)23(2,3)21(26)12-13-24-25-22(27)16-8-7-9-17(14-16)28-4;/h7-15H,6H2,1-5H3,(H,25,27);/b21-12-,24-13+;. The molecule has 0 bridgehead atoms. The van der Waals surface area contributed by atoms with Gasteiger partial charge in [-0.3, -0.25) is 0 Å². The summed E-state index contributed by atoms with van der Waals surface area (Å²) in [5.41, 5.74) is 3.83. The molecule has 0 saturated heterocycles. The van der Waals surface area contributed by atoms with Crippen molar-refractivity contribution in [2.75, 3.05) is 25.7 Å². The van der Waals surface area contributed by atoms with Crippen molar-refractivity contribution in [1.29, 1.82) is 0 Å². The van der Waals surface area contributed by atoms with E-state index in [4.69, 9.17) is 9.47 Å². The van der Waals surface area contributed by atoms with Gasteiger partial charge in [-0.25, -0.2) is 0 Å². The first kappa shape index (κ1) is 23.5. The third-order valence-electron chi connectivity index (χ3n) is 5.19.